The van der Waals surface area contributed by atoms with Gasteiger partial charge < -0.3 is 5.11 Å². The second-order valence-electron chi connectivity index (χ2n) is 4.35. The molecule has 0 aliphatic carbocycles. The first-order valence-electron chi connectivity index (χ1n) is 5.79. The van der Waals surface area contributed by atoms with E-state index in [1.165, 1.54) is 23.5 Å². The Morgan fingerprint density at radius 1 is 1.21 bits per heavy atom. The molecule has 1 N–H and O–H groups in total. The number of rotatable bonds is 4. The fraction of sp³-hybridized carbons (Fsp3) is 0.385. The average molecular weight is 292 g/mol. The summed E-state index contributed by atoms with van der Waals surface area (Å²) in [7, 11) is 0. The monoisotopic (exact) mass is 292 g/mol. The topological polar surface area (TPSA) is 20.2 Å². The minimum atomic E-state index is -4.19. The van der Waals surface area contributed by atoms with Crippen LogP contribution in [0.25, 0.3) is 10.1 Å². The van der Waals surface area contributed by atoms with Crippen LogP contribution in [0.4, 0.5) is 17.6 Å². The Hall–Kier alpha value is -1.14. The third kappa shape index (κ3) is 3.91. The smallest absolute Gasteiger partial charge is 0.388 e. The molecule has 1 aromatic carbocycles. The van der Waals surface area contributed by atoms with Gasteiger partial charge in [0.25, 0.3) is 0 Å². The van der Waals surface area contributed by atoms with E-state index >= 15 is 0 Å². The van der Waals surface area contributed by atoms with Crippen LogP contribution in [0.2, 0.25) is 0 Å². The van der Waals surface area contributed by atoms with E-state index in [0.29, 0.717) is 10.3 Å². The molecule has 0 aliphatic rings. The molecule has 2 aromatic rings. The second-order valence-corrected chi connectivity index (χ2v) is 5.47. The van der Waals surface area contributed by atoms with Gasteiger partial charge in [-0.15, -0.1) is 11.3 Å². The minimum absolute atomic E-state index is 0.0504. The molecule has 19 heavy (non-hydrogen) atoms. The number of benzene rings is 1. The van der Waals surface area contributed by atoms with Gasteiger partial charge >= 0.3 is 6.18 Å². The standard InChI is InChI=1S/C13H12F4OS/c14-9-3-4-11-8(6-9)7-12(19-11)10(18)2-1-5-13(15,16)17/h3-4,6-7,10,18H,1-2,5H2. The highest BCUT2D eigenvalue weighted by Crippen LogP contribution is 2.33. The largest absolute Gasteiger partial charge is 0.389 e. The van der Waals surface area contributed by atoms with Crippen molar-refractivity contribution in [2.24, 2.45) is 0 Å². The number of aliphatic hydroxyl groups excluding tert-OH is 1. The molecule has 0 saturated heterocycles. The first kappa shape index (κ1) is 14.3. The van der Waals surface area contributed by atoms with E-state index in [4.69, 9.17) is 0 Å². The fourth-order valence-corrected chi connectivity index (χ4v) is 2.90. The predicted molar refractivity (Wildman–Crippen MR) is 66.6 cm³/mol. The van der Waals surface area contributed by atoms with E-state index in [1.807, 2.05) is 0 Å². The van der Waals surface area contributed by atoms with Gasteiger partial charge in [0.15, 0.2) is 0 Å². The molecule has 6 heteroatoms. The Kier molecular flexibility index (Phi) is 4.10. The van der Waals surface area contributed by atoms with Crippen molar-refractivity contribution >= 4 is 21.4 Å². The molecule has 1 aromatic heterocycles. The summed E-state index contributed by atoms with van der Waals surface area (Å²) in [5, 5.41) is 10.5. The van der Waals surface area contributed by atoms with Crippen LogP contribution >= 0.6 is 11.3 Å². The molecule has 1 heterocycles. The van der Waals surface area contributed by atoms with E-state index in [0.717, 1.165) is 4.70 Å². The number of fused-ring (bicyclic) bond motifs is 1. The van der Waals surface area contributed by atoms with Gasteiger partial charge in [-0.05, 0) is 42.5 Å². The Balaban J connectivity index is 2.03. The minimum Gasteiger partial charge on any atom is -0.388 e. The first-order valence-corrected chi connectivity index (χ1v) is 6.60. The Bertz CT molecular complexity index is 561. The zero-order chi connectivity index (χ0) is 14.0. The zero-order valence-corrected chi connectivity index (χ0v) is 10.7. The summed E-state index contributed by atoms with van der Waals surface area (Å²) in [4.78, 5) is 0.572. The molecule has 0 spiro atoms. The molecule has 1 atom stereocenters. The van der Waals surface area contributed by atoms with Gasteiger partial charge in [0.05, 0.1) is 6.10 Å². The molecule has 1 nitrogen and oxygen atoms in total. The van der Waals surface area contributed by atoms with Gasteiger partial charge in [0.1, 0.15) is 5.82 Å². The fourth-order valence-electron chi connectivity index (χ4n) is 1.84. The summed E-state index contributed by atoms with van der Waals surface area (Å²) in [6.45, 7) is 0. The normalized spacial score (nSPS) is 13.9. The van der Waals surface area contributed by atoms with Gasteiger partial charge in [-0.3, -0.25) is 0 Å². The van der Waals surface area contributed by atoms with Crippen LogP contribution in [0, 0.1) is 5.82 Å². The third-order valence-electron chi connectivity index (χ3n) is 2.76. The quantitative estimate of drug-likeness (QED) is 0.802. The zero-order valence-electron chi connectivity index (χ0n) is 9.88. The van der Waals surface area contributed by atoms with Crippen molar-refractivity contribution in [1.82, 2.24) is 0 Å². The van der Waals surface area contributed by atoms with Crippen molar-refractivity contribution in [1.29, 1.82) is 0 Å². The Labute approximate surface area is 111 Å². The number of alkyl halides is 3. The maximum Gasteiger partial charge on any atom is 0.389 e. The van der Waals surface area contributed by atoms with Crippen molar-refractivity contribution < 1.29 is 22.7 Å². The SMILES string of the molecule is OC(CCCC(F)(F)F)c1cc2cc(F)ccc2s1. The summed E-state index contributed by atoms with van der Waals surface area (Å²) in [5.41, 5.74) is 0. The first-order chi connectivity index (χ1) is 8.85. The van der Waals surface area contributed by atoms with Gasteiger partial charge in [-0.2, -0.15) is 13.2 Å². The maximum absolute atomic E-state index is 13.0. The predicted octanol–water partition coefficient (Wildman–Crippen LogP) is 4.81. The van der Waals surface area contributed by atoms with E-state index in [9.17, 15) is 22.7 Å². The lowest BCUT2D eigenvalue weighted by molar-refractivity contribution is -0.136. The average Bonchev–Trinajstić information content (AvgIpc) is 2.70. The van der Waals surface area contributed by atoms with Crippen molar-refractivity contribution in [2.45, 2.75) is 31.5 Å². The van der Waals surface area contributed by atoms with Crippen LogP contribution in [-0.4, -0.2) is 11.3 Å². The molecule has 104 valence electrons. The highest BCUT2D eigenvalue weighted by molar-refractivity contribution is 7.19. The van der Waals surface area contributed by atoms with E-state index < -0.39 is 18.7 Å². The summed E-state index contributed by atoms with van der Waals surface area (Å²) in [6.07, 6.45) is -6.09. The third-order valence-corrected chi connectivity index (χ3v) is 3.98. The van der Waals surface area contributed by atoms with Gasteiger partial charge in [0.2, 0.25) is 0 Å². The number of hydrogen-bond acceptors (Lipinski definition) is 2. The van der Waals surface area contributed by atoms with Crippen LogP contribution in [0.1, 0.15) is 30.2 Å². The second kappa shape index (κ2) is 5.46. The number of halogens is 4. The lowest BCUT2D eigenvalue weighted by Crippen LogP contribution is -2.07. The Morgan fingerprint density at radius 3 is 2.63 bits per heavy atom. The highest BCUT2D eigenvalue weighted by Gasteiger charge is 2.26. The van der Waals surface area contributed by atoms with Crippen LogP contribution in [0.15, 0.2) is 24.3 Å². The summed E-state index contributed by atoms with van der Waals surface area (Å²) in [5.74, 6) is -0.372. The highest BCUT2D eigenvalue weighted by atomic mass is 32.1. The molecule has 1 unspecified atom stereocenters. The maximum atomic E-state index is 13.0. The molecular formula is C13H12F4OS. The summed E-state index contributed by atoms with van der Waals surface area (Å²) in [6, 6.07) is 5.89. The van der Waals surface area contributed by atoms with Crippen LogP contribution in [-0.2, 0) is 0 Å². The van der Waals surface area contributed by atoms with E-state index in [-0.39, 0.29) is 18.7 Å². The number of thiophene rings is 1. The molecular weight excluding hydrogens is 280 g/mol. The van der Waals surface area contributed by atoms with Crippen LogP contribution in [0.5, 0.6) is 0 Å². The summed E-state index contributed by atoms with van der Waals surface area (Å²) >= 11 is 1.27. The Morgan fingerprint density at radius 2 is 1.95 bits per heavy atom. The number of aliphatic hydroxyl groups is 1. The molecule has 0 fully saturated rings. The van der Waals surface area contributed by atoms with Gasteiger partial charge in [-0.1, -0.05) is 0 Å². The van der Waals surface area contributed by atoms with Crippen molar-refractivity contribution in [3.8, 4) is 0 Å². The van der Waals surface area contributed by atoms with Gasteiger partial charge in [0, 0.05) is 16.0 Å². The molecule has 2 rings (SSSR count). The number of hydrogen-bond donors (Lipinski definition) is 1. The van der Waals surface area contributed by atoms with E-state index in [1.54, 1.807) is 12.1 Å². The van der Waals surface area contributed by atoms with Crippen LogP contribution in [0.3, 0.4) is 0 Å². The molecule has 0 saturated carbocycles. The van der Waals surface area contributed by atoms with Crippen molar-refractivity contribution in [3.63, 3.8) is 0 Å². The van der Waals surface area contributed by atoms with Crippen LogP contribution < -0.4 is 0 Å². The van der Waals surface area contributed by atoms with Gasteiger partial charge in [-0.25, -0.2) is 4.39 Å². The molecule has 0 amide bonds. The molecule has 0 radical (unpaired) electrons. The van der Waals surface area contributed by atoms with Crippen molar-refractivity contribution in [2.75, 3.05) is 0 Å². The lowest BCUT2D eigenvalue weighted by atomic mass is 10.1. The van der Waals surface area contributed by atoms with E-state index in [2.05, 4.69) is 0 Å². The molecule has 0 bridgehead atoms. The summed E-state index contributed by atoms with van der Waals surface area (Å²) < 4.78 is 49.8. The molecule has 0 aliphatic heterocycles. The van der Waals surface area contributed by atoms with Crippen molar-refractivity contribution in [3.05, 3.63) is 35.0 Å². The lowest BCUT2D eigenvalue weighted by Gasteiger charge is -2.09.